The van der Waals surface area contributed by atoms with Crippen molar-refractivity contribution >= 4 is 28.8 Å². The van der Waals surface area contributed by atoms with Gasteiger partial charge >= 0.3 is 12.1 Å². The number of amides is 2. The summed E-state index contributed by atoms with van der Waals surface area (Å²) in [4.78, 5) is 26.9. The highest BCUT2D eigenvalue weighted by Gasteiger charge is 2.48. The molecule has 1 atom stereocenters. The number of thiophene rings is 1. The predicted molar refractivity (Wildman–Crippen MR) is 129 cm³/mol. The van der Waals surface area contributed by atoms with Crippen molar-refractivity contribution < 1.29 is 27.5 Å². The first-order valence-corrected chi connectivity index (χ1v) is 12.3. The molecule has 9 heteroatoms. The lowest BCUT2D eigenvalue weighted by Gasteiger charge is -2.33. The molecule has 4 rings (SSSR count). The Hall–Kier alpha value is -3.33. The number of carbonyl (C=O) groups excluding carboxylic acids is 2. The molecule has 2 aromatic carbocycles. The van der Waals surface area contributed by atoms with Gasteiger partial charge in [0.2, 0.25) is 5.91 Å². The Morgan fingerprint density at radius 2 is 1.57 bits per heavy atom. The Bertz CT molecular complexity index is 1110. The van der Waals surface area contributed by atoms with Crippen molar-refractivity contribution in [1.82, 2.24) is 5.32 Å². The van der Waals surface area contributed by atoms with Crippen molar-refractivity contribution in [2.24, 2.45) is 0 Å². The van der Waals surface area contributed by atoms with E-state index in [4.69, 9.17) is 4.74 Å². The van der Waals surface area contributed by atoms with Crippen molar-refractivity contribution in [3.63, 3.8) is 0 Å². The monoisotopic (exact) mass is 502 g/mol. The molecule has 1 saturated carbocycles. The minimum atomic E-state index is -5.17. The zero-order valence-corrected chi connectivity index (χ0v) is 19.6. The number of hydrogen-bond acceptors (Lipinski definition) is 4. The van der Waals surface area contributed by atoms with E-state index < -0.39 is 24.0 Å². The third-order valence-corrected chi connectivity index (χ3v) is 6.75. The molecule has 0 bridgehead atoms. The summed E-state index contributed by atoms with van der Waals surface area (Å²) in [5.41, 5.74) is -0.0510. The van der Waals surface area contributed by atoms with Gasteiger partial charge in [-0.1, -0.05) is 43.5 Å². The standard InChI is InChI=1S/C26H25F3N2O3S/c27-26(28,29)25(33)31(19-13-15-21(16-14-19)34-20-10-5-2-6-11-20)23(22-12-7-17-35-22)24(32)30-18-8-3-1-4-9-18/h2,5-7,10-18,23H,1,3-4,8-9H2,(H,30,32)/t23-/m0/s1. The molecular formula is C26H25F3N2O3S. The van der Waals surface area contributed by atoms with Crippen LogP contribution in [0.1, 0.15) is 43.0 Å². The van der Waals surface area contributed by atoms with Crippen LogP contribution >= 0.6 is 11.3 Å². The van der Waals surface area contributed by atoms with Gasteiger partial charge in [0.05, 0.1) is 0 Å². The molecule has 0 spiro atoms. The summed E-state index contributed by atoms with van der Waals surface area (Å²) >= 11 is 1.13. The summed E-state index contributed by atoms with van der Waals surface area (Å²) in [7, 11) is 0. The van der Waals surface area contributed by atoms with Gasteiger partial charge in [-0.3, -0.25) is 14.5 Å². The Morgan fingerprint density at radius 3 is 2.17 bits per heavy atom. The van der Waals surface area contributed by atoms with Gasteiger partial charge in [-0.2, -0.15) is 13.2 Å². The largest absolute Gasteiger partial charge is 0.471 e. The second-order valence-electron chi connectivity index (χ2n) is 8.34. The fourth-order valence-corrected chi connectivity index (χ4v) is 4.98. The van der Waals surface area contributed by atoms with E-state index >= 15 is 0 Å². The van der Waals surface area contributed by atoms with Gasteiger partial charge in [-0.25, -0.2) is 0 Å². The lowest BCUT2D eigenvalue weighted by molar-refractivity contribution is -0.171. The van der Waals surface area contributed by atoms with Crippen LogP contribution in [0.3, 0.4) is 0 Å². The SMILES string of the molecule is O=C(NC1CCCCC1)[C@H](c1cccs1)N(C(=O)C(F)(F)F)c1ccc(Oc2ccccc2)cc1. The number of halogens is 3. The number of nitrogens with zero attached hydrogens (tertiary/aromatic N) is 1. The lowest BCUT2D eigenvalue weighted by atomic mass is 9.95. The number of hydrogen-bond donors (Lipinski definition) is 1. The third-order valence-electron chi connectivity index (χ3n) is 5.83. The van der Waals surface area contributed by atoms with Gasteiger partial charge < -0.3 is 10.1 Å². The van der Waals surface area contributed by atoms with Crippen LogP contribution in [0.15, 0.2) is 72.1 Å². The summed E-state index contributed by atoms with van der Waals surface area (Å²) in [6.45, 7) is 0. The Labute approximate surface area is 205 Å². The molecule has 0 radical (unpaired) electrons. The molecule has 2 amide bonds. The van der Waals surface area contributed by atoms with Crippen LogP contribution in [0.5, 0.6) is 11.5 Å². The maximum Gasteiger partial charge on any atom is 0.471 e. The van der Waals surface area contributed by atoms with Crippen LogP contribution in [0.2, 0.25) is 0 Å². The molecule has 35 heavy (non-hydrogen) atoms. The molecule has 5 nitrogen and oxygen atoms in total. The first-order valence-electron chi connectivity index (χ1n) is 11.4. The zero-order chi connectivity index (χ0) is 24.8. The van der Waals surface area contributed by atoms with Crippen LogP contribution < -0.4 is 15.0 Å². The van der Waals surface area contributed by atoms with E-state index in [1.165, 1.54) is 24.3 Å². The predicted octanol–water partition coefficient (Wildman–Crippen LogP) is 6.63. The smallest absolute Gasteiger partial charge is 0.457 e. The highest BCUT2D eigenvalue weighted by atomic mass is 32.1. The first-order chi connectivity index (χ1) is 16.8. The number of nitrogens with one attached hydrogen (secondary N) is 1. The number of benzene rings is 2. The van der Waals surface area contributed by atoms with Gasteiger partial charge in [0, 0.05) is 16.6 Å². The molecular weight excluding hydrogens is 477 g/mol. The van der Waals surface area contributed by atoms with E-state index in [1.807, 2.05) is 6.07 Å². The van der Waals surface area contributed by atoms with E-state index in [1.54, 1.807) is 41.8 Å². The first kappa shape index (κ1) is 24.8. The fourth-order valence-electron chi connectivity index (χ4n) is 4.17. The fraction of sp³-hybridized carbons (Fsp3) is 0.308. The summed E-state index contributed by atoms with van der Waals surface area (Å²) in [5, 5.41) is 4.56. The maximum atomic E-state index is 13.7. The normalized spacial score (nSPS) is 15.3. The molecule has 0 unspecified atom stereocenters. The summed E-state index contributed by atoms with van der Waals surface area (Å²) in [5.74, 6) is -1.78. The number of rotatable bonds is 7. The van der Waals surface area contributed by atoms with Crippen molar-refractivity contribution in [3.8, 4) is 11.5 Å². The molecule has 1 N–H and O–H groups in total. The minimum absolute atomic E-state index is 0.0510. The van der Waals surface area contributed by atoms with Crippen molar-refractivity contribution in [3.05, 3.63) is 77.0 Å². The van der Waals surface area contributed by atoms with Crippen LogP contribution in [-0.2, 0) is 9.59 Å². The molecule has 1 heterocycles. The number of ether oxygens (including phenoxy) is 1. The molecule has 184 valence electrons. The van der Waals surface area contributed by atoms with Crippen LogP contribution in [0, 0.1) is 0 Å². The van der Waals surface area contributed by atoms with Gasteiger partial charge in [0.25, 0.3) is 0 Å². The maximum absolute atomic E-state index is 13.7. The summed E-state index contributed by atoms with van der Waals surface area (Å²) < 4.78 is 46.9. The van der Waals surface area contributed by atoms with E-state index in [0.717, 1.165) is 43.4 Å². The minimum Gasteiger partial charge on any atom is -0.457 e. The number of alkyl halides is 3. The summed E-state index contributed by atoms with van der Waals surface area (Å²) in [6.07, 6.45) is -0.675. The molecule has 1 aliphatic rings. The average Bonchev–Trinajstić information content (AvgIpc) is 3.38. The molecule has 1 aliphatic carbocycles. The van der Waals surface area contributed by atoms with Gasteiger partial charge in [-0.05, 0) is 60.7 Å². The van der Waals surface area contributed by atoms with Gasteiger partial charge in [-0.15, -0.1) is 11.3 Å². The van der Waals surface area contributed by atoms with Gasteiger partial charge in [0.15, 0.2) is 6.04 Å². The highest BCUT2D eigenvalue weighted by Crippen LogP contribution is 2.36. The lowest BCUT2D eigenvalue weighted by Crippen LogP contribution is -2.50. The molecule has 1 aromatic heterocycles. The molecule has 3 aromatic rings. The Morgan fingerprint density at radius 1 is 0.914 bits per heavy atom. The van der Waals surface area contributed by atoms with Crippen molar-refractivity contribution in [2.75, 3.05) is 4.90 Å². The van der Waals surface area contributed by atoms with Crippen molar-refractivity contribution in [1.29, 1.82) is 0 Å². The zero-order valence-electron chi connectivity index (χ0n) is 18.8. The average molecular weight is 503 g/mol. The van der Waals surface area contributed by atoms with Crippen LogP contribution in [0.25, 0.3) is 0 Å². The number of anilines is 1. The Kier molecular flexibility index (Phi) is 7.75. The third kappa shape index (κ3) is 6.22. The Balaban J connectivity index is 1.67. The number of carbonyl (C=O) groups is 2. The topological polar surface area (TPSA) is 58.6 Å². The molecule has 0 saturated heterocycles. The molecule has 1 fully saturated rings. The number of para-hydroxylation sites is 1. The summed E-state index contributed by atoms with van der Waals surface area (Å²) in [6, 6.07) is 16.2. The quantitative estimate of drug-likeness (QED) is 0.395. The second-order valence-corrected chi connectivity index (χ2v) is 9.32. The van der Waals surface area contributed by atoms with E-state index in [2.05, 4.69) is 5.32 Å². The van der Waals surface area contributed by atoms with E-state index in [9.17, 15) is 22.8 Å². The van der Waals surface area contributed by atoms with Crippen molar-refractivity contribution in [2.45, 2.75) is 50.4 Å². The van der Waals surface area contributed by atoms with Gasteiger partial charge in [0.1, 0.15) is 11.5 Å². The van der Waals surface area contributed by atoms with Crippen LogP contribution in [0.4, 0.5) is 18.9 Å². The molecule has 0 aliphatic heterocycles. The van der Waals surface area contributed by atoms with E-state index in [0.29, 0.717) is 21.3 Å². The second kappa shape index (κ2) is 10.9. The highest BCUT2D eigenvalue weighted by molar-refractivity contribution is 7.10. The van der Waals surface area contributed by atoms with E-state index in [-0.39, 0.29) is 11.7 Å². The van der Waals surface area contributed by atoms with Crippen LogP contribution in [-0.4, -0.2) is 24.0 Å².